The molecule has 0 spiro atoms. The summed E-state index contributed by atoms with van der Waals surface area (Å²) in [5.41, 5.74) is 8.97. The second-order valence-electron chi connectivity index (χ2n) is 6.02. The second kappa shape index (κ2) is 6.66. The monoisotopic (exact) mass is 298 g/mol. The molecule has 3 aromatic carbocycles. The van der Waals surface area contributed by atoms with Crippen molar-refractivity contribution >= 4 is 6.08 Å². The van der Waals surface area contributed by atoms with Gasteiger partial charge < -0.3 is 0 Å². The van der Waals surface area contributed by atoms with E-state index in [1.165, 1.54) is 38.9 Å². The Hall–Kier alpha value is -2.60. The zero-order valence-electron chi connectivity index (χ0n) is 14.0. The van der Waals surface area contributed by atoms with E-state index in [0.717, 1.165) is 0 Å². The second-order valence-corrected chi connectivity index (χ2v) is 6.02. The number of allylic oxidation sites excluding steroid dienone is 1. The van der Waals surface area contributed by atoms with Crippen LogP contribution in [-0.4, -0.2) is 0 Å². The van der Waals surface area contributed by atoms with Crippen LogP contribution in [0.4, 0.5) is 0 Å². The van der Waals surface area contributed by atoms with Crippen molar-refractivity contribution in [2.75, 3.05) is 0 Å². The summed E-state index contributed by atoms with van der Waals surface area (Å²) in [4.78, 5) is 0. The molecule has 3 aromatic rings. The largest absolute Gasteiger partial charge is 0.0871 e. The Balaban J connectivity index is 1.89. The lowest BCUT2D eigenvalue weighted by Gasteiger charge is -2.09. The zero-order valence-corrected chi connectivity index (χ0v) is 14.0. The van der Waals surface area contributed by atoms with E-state index in [9.17, 15) is 0 Å². The molecule has 0 saturated heterocycles. The molecular formula is C23H22. The molecule has 0 N–H and O–H groups in total. The van der Waals surface area contributed by atoms with E-state index in [-0.39, 0.29) is 0 Å². The van der Waals surface area contributed by atoms with Crippen molar-refractivity contribution in [3.05, 3.63) is 89.5 Å². The molecular weight excluding hydrogens is 276 g/mol. The lowest BCUT2D eigenvalue weighted by molar-refractivity contribution is 1.38. The van der Waals surface area contributed by atoms with Gasteiger partial charge in [0.25, 0.3) is 0 Å². The van der Waals surface area contributed by atoms with Crippen LogP contribution >= 0.6 is 0 Å². The molecule has 0 unspecified atom stereocenters. The van der Waals surface area contributed by atoms with Crippen molar-refractivity contribution in [3.8, 4) is 22.3 Å². The highest BCUT2D eigenvalue weighted by atomic mass is 14.1. The minimum Gasteiger partial charge on any atom is -0.0871 e. The summed E-state index contributed by atoms with van der Waals surface area (Å²) in [5.74, 6) is 0. The molecule has 0 atom stereocenters. The van der Waals surface area contributed by atoms with E-state index >= 15 is 0 Å². The molecule has 0 aliphatic heterocycles. The first-order valence-corrected chi connectivity index (χ1v) is 8.08. The Morgan fingerprint density at radius 1 is 0.652 bits per heavy atom. The van der Waals surface area contributed by atoms with Crippen LogP contribution in [0.1, 0.15) is 23.6 Å². The van der Waals surface area contributed by atoms with Crippen molar-refractivity contribution in [1.29, 1.82) is 0 Å². The van der Waals surface area contributed by atoms with Gasteiger partial charge in [-0.1, -0.05) is 84.4 Å². The summed E-state index contributed by atoms with van der Waals surface area (Å²) in [6.07, 6.45) is 4.18. The molecule has 0 nitrogen and oxygen atoms in total. The number of benzene rings is 3. The summed E-state index contributed by atoms with van der Waals surface area (Å²) in [5, 5.41) is 0. The van der Waals surface area contributed by atoms with Gasteiger partial charge in [-0.3, -0.25) is 0 Å². The maximum atomic E-state index is 2.24. The van der Waals surface area contributed by atoms with Crippen LogP contribution in [0.5, 0.6) is 0 Å². The van der Waals surface area contributed by atoms with Gasteiger partial charge in [0, 0.05) is 0 Å². The minimum absolute atomic E-state index is 1.24. The highest BCUT2D eigenvalue weighted by Gasteiger charge is 2.03. The smallest absolute Gasteiger partial charge is 0.0155 e. The fraction of sp³-hybridized carbons (Fsp3) is 0.130. The van der Waals surface area contributed by atoms with E-state index < -0.39 is 0 Å². The normalized spacial score (nSPS) is 11.1. The highest BCUT2D eigenvalue weighted by molar-refractivity contribution is 5.73. The Labute approximate surface area is 139 Å². The highest BCUT2D eigenvalue weighted by Crippen LogP contribution is 2.27. The summed E-state index contributed by atoms with van der Waals surface area (Å²) < 4.78 is 0. The molecule has 0 heterocycles. The van der Waals surface area contributed by atoms with Crippen LogP contribution in [0.3, 0.4) is 0 Å². The van der Waals surface area contributed by atoms with Crippen LogP contribution in [0.2, 0.25) is 0 Å². The molecule has 0 aliphatic rings. The van der Waals surface area contributed by atoms with Crippen LogP contribution < -0.4 is 0 Å². The molecule has 114 valence electrons. The minimum atomic E-state index is 1.24. The maximum Gasteiger partial charge on any atom is -0.0155 e. The van der Waals surface area contributed by atoms with Gasteiger partial charge in [0.2, 0.25) is 0 Å². The molecule has 0 bridgehead atoms. The number of aryl methyl sites for hydroxylation is 2. The maximum absolute atomic E-state index is 2.24. The number of rotatable bonds is 3. The Bertz CT molecular complexity index is 819. The van der Waals surface area contributed by atoms with Gasteiger partial charge in [0.15, 0.2) is 0 Å². The topological polar surface area (TPSA) is 0 Å². The third kappa shape index (κ3) is 3.43. The predicted octanol–water partition coefficient (Wildman–Crippen LogP) is 6.67. The predicted molar refractivity (Wildman–Crippen MR) is 101 cm³/mol. The van der Waals surface area contributed by atoms with Crippen molar-refractivity contribution in [1.82, 2.24) is 0 Å². The number of hydrogen-bond acceptors (Lipinski definition) is 0. The summed E-state index contributed by atoms with van der Waals surface area (Å²) in [6, 6.07) is 24.2. The molecule has 3 rings (SSSR count). The Morgan fingerprint density at radius 3 is 1.78 bits per heavy atom. The summed E-state index contributed by atoms with van der Waals surface area (Å²) in [7, 11) is 0. The quantitative estimate of drug-likeness (QED) is 0.506. The van der Waals surface area contributed by atoms with Gasteiger partial charge in [0.1, 0.15) is 0 Å². The molecule has 0 saturated carbocycles. The van der Waals surface area contributed by atoms with Crippen LogP contribution in [0.25, 0.3) is 28.3 Å². The van der Waals surface area contributed by atoms with E-state index in [1.54, 1.807) is 0 Å². The van der Waals surface area contributed by atoms with E-state index in [1.807, 2.05) is 6.92 Å². The van der Waals surface area contributed by atoms with Crippen molar-refractivity contribution in [2.45, 2.75) is 20.8 Å². The standard InChI is InChI=1S/C23H22/c1-4-5-19-7-9-20(10-8-19)21-11-13-22(14-12-21)23-15-6-17(2)16-18(23)3/h4-16H,1-3H3/b5-4+. The average Bonchev–Trinajstić information content (AvgIpc) is 2.56. The van der Waals surface area contributed by atoms with Crippen LogP contribution in [-0.2, 0) is 0 Å². The number of hydrogen-bond donors (Lipinski definition) is 0. The third-order valence-corrected chi connectivity index (χ3v) is 4.18. The zero-order chi connectivity index (χ0) is 16.2. The van der Waals surface area contributed by atoms with E-state index in [4.69, 9.17) is 0 Å². The Kier molecular flexibility index (Phi) is 4.43. The van der Waals surface area contributed by atoms with Gasteiger partial charge in [0.05, 0.1) is 0 Å². The van der Waals surface area contributed by atoms with Gasteiger partial charge >= 0.3 is 0 Å². The summed E-state index contributed by atoms with van der Waals surface area (Å²) >= 11 is 0. The lowest BCUT2D eigenvalue weighted by atomic mass is 9.96. The SMILES string of the molecule is C/C=C/c1ccc(-c2ccc(-c3ccc(C)cc3C)cc2)cc1. The first-order chi connectivity index (χ1) is 11.2. The third-order valence-electron chi connectivity index (χ3n) is 4.18. The molecule has 0 radical (unpaired) electrons. The van der Waals surface area contributed by atoms with Crippen LogP contribution in [0, 0.1) is 13.8 Å². The summed E-state index contributed by atoms with van der Waals surface area (Å²) in [6.45, 7) is 6.35. The molecule has 0 aromatic heterocycles. The molecule has 0 aliphatic carbocycles. The van der Waals surface area contributed by atoms with E-state index in [2.05, 4.69) is 92.7 Å². The lowest BCUT2D eigenvalue weighted by Crippen LogP contribution is -1.85. The van der Waals surface area contributed by atoms with Crippen molar-refractivity contribution < 1.29 is 0 Å². The molecule has 23 heavy (non-hydrogen) atoms. The fourth-order valence-corrected chi connectivity index (χ4v) is 2.96. The van der Waals surface area contributed by atoms with Crippen molar-refractivity contribution in [3.63, 3.8) is 0 Å². The first kappa shape index (κ1) is 15.3. The van der Waals surface area contributed by atoms with Gasteiger partial charge in [-0.15, -0.1) is 0 Å². The van der Waals surface area contributed by atoms with Crippen LogP contribution in [0.15, 0.2) is 72.8 Å². The molecule has 0 heteroatoms. The fourth-order valence-electron chi connectivity index (χ4n) is 2.96. The first-order valence-electron chi connectivity index (χ1n) is 8.08. The van der Waals surface area contributed by atoms with Gasteiger partial charge in [-0.2, -0.15) is 0 Å². The van der Waals surface area contributed by atoms with Crippen molar-refractivity contribution in [2.24, 2.45) is 0 Å². The van der Waals surface area contributed by atoms with Gasteiger partial charge in [-0.05, 0) is 54.2 Å². The molecule has 0 fully saturated rings. The Morgan fingerprint density at radius 2 is 1.22 bits per heavy atom. The average molecular weight is 298 g/mol. The van der Waals surface area contributed by atoms with Gasteiger partial charge in [-0.25, -0.2) is 0 Å². The van der Waals surface area contributed by atoms with E-state index in [0.29, 0.717) is 0 Å². The molecule has 0 amide bonds.